The Morgan fingerprint density at radius 3 is 1.09 bits per heavy atom. The van der Waals surface area contributed by atoms with Gasteiger partial charge in [0.05, 0.1) is 12.2 Å². The summed E-state index contributed by atoms with van der Waals surface area (Å²) in [5.74, 6) is 11.2. The third-order valence-corrected chi connectivity index (χ3v) is 18.0. The van der Waals surface area contributed by atoms with Crippen LogP contribution in [0.4, 0.5) is 0 Å². The number of rotatable bonds is 56. The lowest BCUT2D eigenvalue weighted by atomic mass is 9.95. The fraction of sp³-hybridized carbons (Fsp3) is 0.940. The molecular weight excluding hydrogens is 957 g/mol. The highest BCUT2D eigenvalue weighted by Gasteiger charge is 2.32. The monoisotopic (exact) mass is 1090 g/mol. The summed E-state index contributed by atoms with van der Waals surface area (Å²) >= 11 is 3.99. The number of nitrogens with one attached hydrogen (secondary N) is 1. The van der Waals surface area contributed by atoms with Gasteiger partial charge in [0.15, 0.2) is 0 Å². The smallest absolute Gasteiger partial charge is 0.0667 e. The molecule has 5 unspecified atom stereocenters. The first kappa shape index (κ1) is 74.6. The molecule has 444 valence electrons. The molecule has 1 fully saturated rings. The molecule has 0 aromatic carbocycles. The van der Waals surface area contributed by atoms with Gasteiger partial charge in [0, 0.05) is 100 Å². The molecule has 0 aromatic rings. The van der Waals surface area contributed by atoms with E-state index < -0.39 is 0 Å². The van der Waals surface area contributed by atoms with Gasteiger partial charge in [-0.05, 0) is 25.8 Å². The summed E-state index contributed by atoms with van der Waals surface area (Å²) in [4.78, 5) is 7.53. The Kier molecular flexibility index (Phi) is 59.4. The summed E-state index contributed by atoms with van der Waals surface area (Å²) < 4.78 is 0. The van der Waals surface area contributed by atoms with Crippen molar-refractivity contribution in [2.45, 2.75) is 316 Å². The number of aliphatic hydroxyl groups excluding tert-OH is 2. The summed E-state index contributed by atoms with van der Waals surface area (Å²) in [6, 6.07) is 0.765. The maximum atomic E-state index is 11.0. The molecule has 8 heteroatoms. The number of unbranched alkanes of at least 4 members (excludes halogenated alkanes) is 30. The predicted molar refractivity (Wildman–Crippen MR) is 342 cm³/mol. The van der Waals surface area contributed by atoms with Crippen molar-refractivity contribution in [1.29, 1.82) is 0 Å². The first-order valence-electron chi connectivity index (χ1n) is 33.0. The molecule has 1 saturated heterocycles. The molecule has 75 heavy (non-hydrogen) atoms. The van der Waals surface area contributed by atoms with Crippen LogP contribution in [-0.4, -0.2) is 132 Å². The molecule has 1 rings (SSSR count). The van der Waals surface area contributed by atoms with E-state index >= 15 is 0 Å². The Labute approximate surface area is 479 Å². The zero-order chi connectivity index (χ0) is 54.9. The van der Waals surface area contributed by atoms with E-state index in [2.05, 4.69) is 66.5 Å². The Balaban J connectivity index is 0.00000191. The van der Waals surface area contributed by atoms with E-state index in [1.54, 1.807) is 0 Å². The third-order valence-electron chi connectivity index (χ3n) is 16.0. The van der Waals surface area contributed by atoms with E-state index in [1.807, 2.05) is 30.6 Å². The standard InChI is InChI=1S/C43H82N4O2S2.C24H50/c1-6-10-12-14-16-18-20-22-26-42(48)38-45(39-43(49)27-23-21-19-17-15-13-11-7-2)29-33-51-35-31-47-37-40(24-8-3)46(36-41(47)25-9-4)30-34-50-32-28-44-5;1-4-6-8-10-12-14-15-17-19-21-23-24(3)22-20-18-16-13-11-9-7-5-2/h3-4,40-44,48-49H,6-7,10-39H2,1-2,5H3;24H,4-23H2,1-3H3. The number of aliphatic hydroxyl groups is 2. The number of piperazine rings is 1. The van der Waals surface area contributed by atoms with Gasteiger partial charge >= 0.3 is 0 Å². The fourth-order valence-corrected chi connectivity index (χ4v) is 12.9. The quantitative estimate of drug-likeness (QED) is 0.0411. The maximum absolute atomic E-state index is 11.0. The molecule has 5 atom stereocenters. The Morgan fingerprint density at radius 1 is 0.467 bits per heavy atom. The average molecular weight is 1090 g/mol. The van der Waals surface area contributed by atoms with Gasteiger partial charge < -0.3 is 15.5 Å². The van der Waals surface area contributed by atoms with Gasteiger partial charge in [0.2, 0.25) is 0 Å². The van der Waals surface area contributed by atoms with Crippen LogP contribution in [0.3, 0.4) is 0 Å². The molecule has 1 heterocycles. The van der Waals surface area contributed by atoms with Crippen LogP contribution in [0, 0.1) is 30.6 Å². The number of hydrogen-bond donors (Lipinski definition) is 3. The molecule has 6 nitrogen and oxygen atoms in total. The number of hydrogen-bond acceptors (Lipinski definition) is 8. The highest BCUT2D eigenvalue weighted by atomic mass is 32.2. The zero-order valence-electron chi connectivity index (χ0n) is 51.4. The lowest BCUT2D eigenvalue weighted by molar-refractivity contribution is 0.0400. The lowest BCUT2D eigenvalue weighted by Crippen LogP contribution is -2.58. The van der Waals surface area contributed by atoms with Crippen LogP contribution in [0.2, 0.25) is 0 Å². The van der Waals surface area contributed by atoms with E-state index in [0.29, 0.717) is 25.2 Å². The van der Waals surface area contributed by atoms with Crippen LogP contribution in [0.25, 0.3) is 0 Å². The Morgan fingerprint density at radius 2 is 0.773 bits per heavy atom. The van der Waals surface area contributed by atoms with Gasteiger partial charge in [-0.3, -0.25) is 14.7 Å². The Hall–Kier alpha value is -0.420. The van der Waals surface area contributed by atoms with Crippen LogP contribution < -0.4 is 5.32 Å². The minimum Gasteiger partial charge on any atom is -0.392 e. The first-order valence-corrected chi connectivity index (χ1v) is 35.3. The SMILES string of the molecule is C#CCC1CN(CCSCCN(CC(O)CCCCCCCCCC)CC(O)CCCCCCCCCC)C(CC#C)CN1CCSCCNC.CCCCCCCCCCCCC(C)CCCCCCCCCC. The summed E-state index contributed by atoms with van der Waals surface area (Å²) in [6.45, 7) is 19.0. The van der Waals surface area contributed by atoms with Crippen LogP contribution in [0.5, 0.6) is 0 Å². The molecule has 0 radical (unpaired) electrons. The van der Waals surface area contributed by atoms with Crippen LogP contribution in [-0.2, 0) is 0 Å². The van der Waals surface area contributed by atoms with Crippen LogP contribution in [0.1, 0.15) is 291 Å². The molecular formula is C67H132N4O2S2. The van der Waals surface area contributed by atoms with Crippen molar-refractivity contribution in [2.24, 2.45) is 5.92 Å². The highest BCUT2D eigenvalue weighted by molar-refractivity contribution is 7.99. The van der Waals surface area contributed by atoms with E-state index in [4.69, 9.17) is 12.8 Å². The molecule has 1 aliphatic heterocycles. The summed E-state index contributed by atoms with van der Waals surface area (Å²) in [5, 5.41) is 25.2. The molecule has 0 aromatic heterocycles. The molecule has 0 spiro atoms. The fourth-order valence-electron chi connectivity index (χ4n) is 11.0. The molecule has 0 bridgehead atoms. The molecule has 0 saturated carbocycles. The summed E-state index contributed by atoms with van der Waals surface area (Å²) in [5.41, 5.74) is 0. The summed E-state index contributed by atoms with van der Waals surface area (Å²) in [6.07, 6.45) is 64.2. The van der Waals surface area contributed by atoms with Crippen molar-refractivity contribution in [3.05, 3.63) is 0 Å². The van der Waals surface area contributed by atoms with E-state index in [-0.39, 0.29) is 12.2 Å². The van der Waals surface area contributed by atoms with Gasteiger partial charge in [-0.15, -0.1) is 24.7 Å². The number of nitrogens with zero attached hydrogens (tertiary/aromatic N) is 3. The van der Waals surface area contributed by atoms with Crippen molar-refractivity contribution >= 4 is 23.5 Å². The third kappa shape index (κ3) is 50.3. The summed E-state index contributed by atoms with van der Waals surface area (Å²) in [7, 11) is 2.01. The maximum Gasteiger partial charge on any atom is 0.0667 e. The normalized spacial score (nSPS) is 16.4. The van der Waals surface area contributed by atoms with Gasteiger partial charge in [-0.2, -0.15) is 23.5 Å². The van der Waals surface area contributed by atoms with E-state index in [1.165, 1.54) is 218 Å². The minimum atomic E-state index is -0.318. The van der Waals surface area contributed by atoms with Gasteiger partial charge in [0.1, 0.15) is 0 Å². The minimum absolute atomic E-state index is 0.318. The van der Waals surface area contributed by atoms with Crippen molar-refractivity contribution in [1.82, 2.24) is 20.0 Å². The molecule has 0 amide bonds. The molecule has 1 aliphatic rings. The predicted octanol–water partition coefficient (Wildman–Crippen LogP) is 17.6. The highest BCUT2D eigenvalue weighted by Crippen LogP contribution is 2.23. The van der Waals surface area contributed by atoms with Gasteiger partial charge in [0.25, 0.3) is 0 Å². The number of thioether (sulfide) groups is 2. The van der Waals surface area contributed by atoms with E-state index in [0.717, 1.165) is 107 Å². The van der Waals surface area contributed by atoms with Crippen LogP contribution in [0.15, 0.2) is 0 Å². The zero-order valence-corrected chi connectivity index (χ0v) is 53.0. The topological polar surface area (TPSA) is 62.2 Å². The molecule has 3 N–H and O–H groups in total. The Bertz CT molecular complexity index is 1190. The number of terminal acetylenes is 2. The first-order chi connectivity index (χ1) is 36.8. The second kappa shape index (κ2) is 59.7. The lowest BCUT2D eigenvalue weighted by Gasteiger charge is -2.45. The average Bonchev–Trinajstić information content (AvgIpc) is 3.40. The van der Waals surface area contributed by atoms with Gasteiger partial charge in [-0.25, -0.2) is 0 Å². The molecule has 0 aliphatic carbocycles. The van der Waals surface area contributed by atoms with Crippen molar-refractivity contribution < 1.29 is 10.2 Å². The van der Waals surface area contributed by atoms with E-state index in [9.17, 15) is 10.2 Å². The second-order valence-corrected chi connectivity index (χ2v) is 25.8. The van der Waals surface area contributed by atoms with Crippen molar-refractivity contribution in [3.63, 3.8) is 0 Å². The second-order valence-electron chi connectivity index (χ2n) is 23.4. The largest absolute Gasteiger partial charge is 0.392 e. The van der Waals surface area contributed by atoms with Crippen molar-refractivity contribution in [2.75, 3.05) is 82.4 Å². The van der Waals surface area contributed by atoms with Crippen LogP contribution >= 0.6 is 23.5 Å². The van der Waals surface area contributed by atoms with Gasteiger partial charge in [-0.1, -0.05) is 266 Å². The van der Waals surface area contributed by atoms with Crippen molar-refractivity contribution in [3.8, 4) is 24.7 Å².